The molecule has 5 heteroatoms. The van der Waals surface area contributed by atoms with Crippen molar-refractivity contribution in [2.24, 2.45) is 5.92 Å². The minimum absolute atomic E-state index is 0.0759. The third kappa shape index (κ3) is 3.17. The SMILES string of the molecule is O=C(O)C1CC2CCCCC2N1CC(=O)N1CCc2ccccc2C1. The second kappa shape index (κ2) is 6.79. The number of rotatable bonds is 3. The van der Waals surface area contributed by atoms with E-state index in [4.69, 9.17) is 0 Å². The van der Waals surface area contributed by atoms with Gasteiger partial charge in [-0.2, -0.15) is 0 Å². The van der Waals surface area contributed by atoms with Crippen molar-refractivity contribution >= 4 is 11.9 Å². The number of amides is 1. The topological polar surface area (TPSA) is 60.9 Å². The van der Waals surface area contributed by atoms with Crippen molar-refractivity contribution in [3.63, 3.8) is 0 Å². The predicted molar refractivity (Wildman–Crippen MR) is 94.1 cm³/mol. The van der Waals surface area contributed by atoms with Crippen LogP contribution >= 0.6 is 0 Å². The molecule has 1 saturated carbocycles. The Balaban J connectivity index is 1.47. The fourth-order valence-electron chi connectivity index (χ4n) is 4.99. The van der Waals surface area contributed by atoms with Gasteiger partial charge in [-0.3, -0.25) is 14.5 Å². The van der Waals surface area contributed by atoms with Crippen LogP contribution in [0.3, 0.4) is 0 Å². The molecule has 1 N–H and O–H groups in total. The Morgan fingerprint density at radius 3 is 2.68 bits per heavy atom. The zero-order valence-electron chi connectivity index (χ0n) is 14.6. The molecule has 25 heavy (non-hydrogen) atoms. The first-order chi connectivity index (χ1) is 12.1. The number of aliphatic carboxylic acids is 1. The lowest BCUT2D eigenvalue weighted by Crippen LogP contribution is -2.49. The highest BCUT2D eigenvalue weighted by Crippen LogP contribution is 2.39. The van der Waals surface area contributed by atoms with E-state index in [1.807, 2.05) is 21.9 Å². The summed E-state index contributed by atoms with van der Waals surface area (Å²) in [6, 6.07) is 8.05. The van der Waals surface area contributed by atoms with Crippen molar-refractivity contribution in [2.45, 2.75) is 57.2 Å². The van der Waals surface area contributed by atoms with E-state index in [1.54, 1.807) is 0 Å². The summed E-state index contributed by atoms with van der Waals surface area (Å²) in [7, 11) is 0. The van der Waals surface area contributed by atoms with Crippen molar-refractivity contribution < 1.29 is 14.7 Å². The summed E-state index contributed by atoms with van der Waals surface area (Å²) in [6.07, 6.45) is 6.07. The van der Waals surface area contributed by atoms with Crippen LogP contribution < -0.4 is 0 Å². The lowest BCUT2D eigenvalue weighted by atomic mass is 9.85. The molecule has 0 bridgehead atoms. The molecule has 1 saturated heterocycles. The van der Waals surface area contributed by atoms with E-state index >= 15 is 0 Å². The predicted octanol–water partition coefficient (Wildman–Crippen LogP) is 2.29. The molecule has 0 spiro atoms. The average Bonchev–Trinajstić information content (AvgIpc) is 3.00. The minimum atomic E-state index is -0.772. The van der Waals surface area contributed by atoms with Gasteiger partial charge < -0.3 is 10.0 Å². The van der Waals surface area contributed by atoms with E-state index in [0.717, 1.165) is 32.2 Å². The van der Waals surface area contributed by atoms with Gasteiger partial charge >= 0.3 is 5.97 Å². The fraction of sp³-hybridized carbons (Fsp3) is 0.600. The van der Waals surface area contributed by atoms with E-state index in [-0.39, 0.29) is 18.5 Å². The number of carbonyl (C=O) groups excluding carboxylic acids is 1. The molecule has 1 aliphatic carbocycles. The van der Waals surface area contributed by atoms with Gasteiger partial charge in [-0.15, -0.1) is 0 Å². The van der Waals surface area contributed by atoms with Gasteiger partial charge in [0.25, 0.3) is 0 Å². The number of nitrogens with zero attached hydrogens (tertiary/aromatic N) is 2. The number of benzene rings is 1. The van der Waals surface area contributed by atoms with E-state index < -0.39 is 12.0 Å². The molecule has 3 unspecified atom stereocenters. The van der Waals surface area contributed by atoms with Crippen LogP contribution in [0.2, 0.25) is 0 Å². The second-order valence-corrected chi connectivity index (χ2v) is 7.71. The molecule has 3 atom stereocenters. The molecular weight excluding hydrogens is 316 g/mol. The molecule has 1 aromatic carbocycles. The number of fused-ring (bicyclic) bond motifs is 2. The number of carboxylic acid groups (broad SMARTS) is 1. The lowest BCUT2D eigenvalue weighted by molar-refractivity contribution is -0.144. The van der Waals surface area contributed by atoms with Gasteiger partial charge in [0.05, 0.1) is 6.54 Å². The summed E-state index contributed by atoms with van der Waals surface area (Å²) in [5.74, 6) is -0.247. The van der Waals surface area contributed by atoms with Gasteiger partial charge in [0.15, 0.2) is 0 Å². The number of hydrogen-bond acceptors (Lipinski definition) is 3. The molecule has 0 radical (unpaired) electrons. The molecule has 2 fully saturated rings. The van der Waals surface area contributed by atoms with Crippen molar-refractivity contribution in [2.75, 3.05) is 13.1 Å². The van der Waals surface area contributed by atoms with Crippen molar-refractivity contribution in [3.8, 4) is 0 Å². The molecule has 2 aliphatic heterocycles. The molecule has 0 aromatic heterocycles. The molecule has 4 rings (SSSR count). The summed E-state index contributed by atoms with van der Waals surface area (Å²) in [4.78, 5) is 28.5. The molecular formula is C20H26N2O3. The average molecular weight is 342 g/mol. The van der Waals surface area contributed by atoms with Crippen LogP contribution in [-0.4, -0.2) is 52.0 Å². The Bertz CT molecular complexity index is 675. The van der Waals surface area contributed by atoms with Crippen LogP contribution in [-0.2, 0) is 22.6 Å². The summed E-state index contributed by atoms with van der Waals surface area (Å²) < 4.78 is 0. The van der Waals surface area contributed by atoms with E-state index in [9.17, 15) is 14.7 Å². The Kier molecular flexibility index (Phi) is 4.50. The first-order valence-corrected chi connectivity index (χ1v) is 9.46. The summed E-state index contributed by atoms with van der Waals surface area (Å²) in [5, 5.41) is 9.62. The van der Waals surface area contributed by atoms with Crippen LogP contribution in [0.25, 0.3) is 0 Å². The third-order valence-corrected chi connectivity index (χ3v) is 6.31. The standard InChI is InChI=1S/C20H26N2O3/c23-19(21-10-9-14-5-1-2-7-16(14)12-21)13-22-17-8-4-3-6-15(17)11-18(22)20(24)25/h1-2,5,7,15,17-18H,3-4,6,8-13H2,(H,24,25). The van der Waals surface area contributed by atoms with Crippen molar-refractivity contribution in [1.29, 1.82) is 0 Å². The first kappa shape index (κ1) is 16.6. The maximum Gasteiger partial charge on any atom is 0.320 e. The van der Waals surface area contributed by atoms with Gasteiger partial charge in [-0.25, -0.2) is 0 Å². The highest BCUT2D eigenvalue weighted by molar-refractivity contribution is 5.80. The molecule has 3 aliphatic rings. The monoisotopic (exact) mass is 342 g/mol. The highest BCUT2D eigenvalue weighted by Gasteiger charge is 2.46. The number of carboxylic acids is 1. The van der Waals surface area contributed by atoms with Crippen LogP contribution in [0.5, 0.6) is 0 Å². The largest absolute Gasteiger partial charge is 0.480 e. The zero-order valence-corrected chi connectivity index (χ0v) is 14.6. The van der Waals surface area contributed by atoms with Gasteiger partial charge in [0, 0.05) is 19.1 Å². The van der Waals surface area contributed by atoms with Gasteiger partial charge in [-0.05, 0) is 42.7 Å². The van der Waals surface area contributed by atoms with Crippen LogP contribution in [0.4, 0.5) is 0 Å². The number of likely N-dealkylation sites (tertiary alicyclic amines) is 1. The maximum absolute atomic E-state index is 12.9. The zero-order chi connectivity index (χ0) is 17.4. The summed E-state index contributed by atoms with van der Waals surface area (Å²) in [5.41, 5.74) is 2.54. The van der Waals surface area contributed by atoms with Gasteiger partial charge in [0.2, 0.25) is 5.91 Å². The van der Waals surface area contributed by atoms with E-state index in [1.165, 1.54) is 17.5 Å². The molecule has 2 heterocycles. The Morgan fingerprint density at radius 2 is 1.88 bits per heavy atom. The Morgan fingerprint density at radius 1 is 1.12 bits per heavy atom. The van der Waals surface area contributed by atoms with Crippen LogP contribution in [0, 0.1) is 5.92 Å². The van der Waals surface area contributed by atoms with Crippen molar-refractivity contribution in [1.82, 2.24) is 9.80 Å². The quantitative estimate of drug-likeness (QED) is 0.915. The van der Waals surface area contributed by atoms with Crippen LogP contribution in [0.15, 0.2) is 24.3 Å². The minimum Gasteiger partial charge on any atom is -0.480 e. The smallest absolute Gasteiger partial charge is 0.320 e. The van der Waals surface area contributed by atoms with E-state index in [0.29, 0.717) is 18.9 Å². The van der Waals surface area contributed by atoms with Crippen LogP contribution in [0.1, 0.15) is 43.2 Å². The van der Waals surface area contributed by atoms with E-state index in [2.05, 4.69) is 12.1 Å². The molecule has 5 nitrogen and oxygen atoms in total. The third-order valence-electron chi connectivity index (χ3n) is 6.31. The number of hydrogen-bond donors (Lipinski definition) is 1. The molecule has 134 valence electrons. The summed E-state index contributed by atoms with van der Waals surface area (Å²) in [6.45, 7) is 1.63. The van der Waals surface area contributed by atoms with Crippen molar-refractivity contribution in [3.05, 3.63) is 35.4 Å². The Hall–Kier alpha value is -1.88. The normalized spacial score (nSPS) is 29.1. The number of carbonyl (C=O) groups is 2. The fourth-order valence-corrected chi connectivity index (χ4v) is 4.99. The summed E-state index contributed by atoms with van der Waals surface area (Å²) >= 11 is 0. The Labute approximate surface area is 148 Å². The van der Waals surface area contributed by atoms with Gasteiger partial charge in [-0.1, -0.05) is 37.1 Å². The first-order valence-electron chi connectivity index (χ1n) is 9.46. The van der Waals surface area contributed by atoms with Gasteiger partial charge in [0.1, 0.15) is 6.04 Å². The lowest BCUT2D eigenvalue weighted by Gasteiger charge is -2.35. The molecule has 1 amide bonds. The molecule has 1 aromatic rings. The second-order valence-electron chi connectivity index (χ2n) is 7.71. The highest BCUT2D eigenvalue weighted by atomic mass is 16.4. The maximum atomic E-state index is 12.9.